The molecule has 0 aliphatic rings. The number of aromatic nitrogens is 4. The van der Waals surface area contributed by atoms with E-state index in [0.717, 1.165) is 16.8 Å². The summed E-state index contributed by atoms with van der Waals surface area (Å²) in [4.78, 5) is 8.56. The Morgan fingerprint density at radius 1 is 0.800 bits per heavy atom. The first-order valence-electron chi connectivity index (χ1n) is 7.43. The van der Waals surface area contributed by atoms with Crippen LogP contribution in [0.5, 0.6) is 0 Å². The first-order valence-corrected chi connectivity index (χ1v) is 8.19. The number of fused-ring (bicyclic) bond motifs is 1. The van der Waals surface area contributed by atoms with Gasteiger partial charge in [0.1, 0.15) is 17.5 Å². The third kappa shape index (κ3) is 3.35. The average Bonchev–Trinajstić information content (AvgIpc) is 3.01. The lowest BCUT2D eigenvalue weighted by molar-refractivity contribution is 1.09. The van der Waals surface area contributed by atoms with Crippen LogP contribution in [-0.4, -0.2) is 20.2 Å². The average molecular weight is 371 g/mol. The van der Waals surface area contributed by atoms with Crippen molar-refractivity contribution in [1.82, 2.24) is 20.2 Å². The Balaban J connectivity index is 1.72. The molecular weight excluding hydrogens is 359 g/mol. The van der Waals surface area contributed by atoms with Gasteiger partial charge < -0.3 is 10.6 Å². The highest BCUT2D eigenvalue weighted by Crippen LogP contribution is 2.30. The van der Waals surface area contributed by atoms with Crippen molar-refractivity contribution in [2.75, 3.05) is 10.6 Å². The van der Waals surface area contributed by atoms with Gasteiger partial charge in [0.15, 0.2) is 11.5 Å². The number of nitrogens with zero attached hydrogens (tertiary/aromatic N) is 3. The van der Waals surface area contributed by atoms with Crippen LogP contribution in [0.25, 0.3) is 11.0 Å². The first-order chi connectivity index (χ1) is 12.2. The van der Waals surface area contributed by atoms with E-state index in [-0.39, 0.29) is 0 Å². The molecule has 0 saturated heterocycles. The number of H-pyrrole nitrogens is 1. The number of nitrogens with one attached hydrogen (secondary N) is 3. The molecule has 0 amide bonds. The molecule has 0 radical (unpaired) electrons. The van der Waals surface area contributed by atoms with Crippen molar-refractivity contribution in [3.8, 4) is 0 Å². The van der Waals surface area contributed by atoms with Crippen LogP contribution in [0.3, 0.4) is 0 Å². The lowest BCUT2D eigenvalue weighted by Gasteiger charge is -2.08. The van der Waals surface area contributed by atoms with Gasteiger partial charge in [0.25, 0.3) is 0 Å². The second-order valence-electron chi connectivity index (χ2n) is 5.29. The molecule has 8 heteroatoms. The maximum atomic E-state index is 6.05. The second kappa shape index (κ2) is 6.58. The van der Waals surface area contributed by atoms with Gasteiger partial charge in [-0.3, -0.25) is 5.10 Å². The molecule has 124 valence electrons. The summed E-state index contributed by atoms with van der Waals surface area (Å²) in [6.45, 7) is 0. The minimum Gasteiger partial charge on any atom is -0.339 e. The van der Waals surface area contributed by atoms with E-state index in [1.54, 1.807) is 12.1 Å². The van der Waals surface area contributed by atoms with Gasteiger partial charge in [0.2, 0.25) is 0 Å². The highest BCUT2D eigenvalue weighted by atomic mass is 35.5. The zero-order valence-corrected chi connectivity index (χ0v) is 14.3. The largest absolute Gasteiger partial charge is 0.339 e. The van der Waals surface area contributed by atoms with Crippen LogP contribution in [-0.2, 0) is 0 Å². The van der Waals surface area contributed by atoms with Gasteiger partial charge in [0.05, 0.1) is 0 Å². The summed E-state index contributed by atoms with van der Waals surface area (Å²) < 4.78 is 0. The maximum absolute atomic E-state index is 6.05. The summed E-state index contributed by atoms with van der Waals surface area (Å²) in [6, 6.07) is 14.8. The van der Waals surface area contributed by atoms with Crippen molar-refractivity contribution >= 4 is 57.2 Å². The number of hydrogen-bond acceptors (Lipinski definition) is 5. The fraction of sp³-hybridized carbons (Fsp3) is 0. The molecule has 0 fully saturated rings. The SMILES string of the molecule is Clc1ccc(Nc2n[nH]c3ncnc(Nc4cccc(Cl)c4)c23)cc1. The zero-order valence-electron chi connectivity index (χ0n) is 12.8. The van der Waals surface area contributed by atoms with Crippen LogP contribution in [0.1, 0.15) is 0 Å². The van der Waals surface area contributed by atoms with Crippen LogP contribution in [0.2, 0.25) is 10.0 Å². The van der Waals surface area contributed by atoms with Crippen molar-refractivity contribution in [2.45, 2.75) is 0 Å². The van der Waals surface area contributed by atoms with Gasteiger partial charge in [0, 0.05) is 21.4 Å². The van der Waals surface area contributed by atoms with E-state index in [0.29, 0.717) is 27.3 Å². The van der Waals surface area contributed by atoms with E-state index in [1.807, 2.05) is 36.4 Å². The normalized spacial score (nSPS) is 10.8. The maximum Gasteiger partial charge on any atom is 0.165 e. The fourth-order valence-electron chi connectivity index (χ4n) is 2.42. The van der Waals surface area contributed by atoms with Gasteiger partial charge in [-0.05, 0) is 42.5 Å². The minimum atomic E-state index is 0.613. The van der Waals surface area contributed by atoms with Crippen molar-refractivity contribution in [3.05, 3.63) is 64.9 Å². The Hall–Kier alpha value is -2.83. The molecule has 2 aromatic heterocycles. The van der Waals surface area contributed by atoms with Gasteiger partial charge in [-0.15, -0.1) is 0 Å². The number of hydrogen-bond donors (Lipinski definition) is 3. The molecule has 25 heavy (non-hydrogen) atoms. The molecule has 2 aromatic carbocycles. The smallest absolute Gasteiger partial charge is 0.165 e. The molecule has 0 saturated carbocycles. The van der Waals surface area contributed by atoms with Crippen LogP contribution < -0.4 is 10.6 Å². The van der Waals surface area contributed by atoms with Gasteiger partial charge in [-0.25, -0.2) is 9.97 Å². The third-order valence-corrected chi connectivity index (χ3v) is 4.04. The van der Waals surface area contributed by atoms with Crippen LogP contribution in [0, 0.1) is 0 Å². The molecule has 0 unspecified atom stereocenters. The second-order valence-corrected chi connectivity index (χ2v) is 6.16. The molecular formula is C17H12Cl2N6. The van der Waals surface area contributed by atoms with Gasteiger partial charge >= 0.3 is 0 Å². The number of anilines is 4. The number of rotatable bonds is 4. The molecule has 0 aliphatic heterocycles. The Labute approximate surface area is 153 Å². The highest BCUT2D eigenvalue weighted by Gasteiger charge is 2.13. The van der Waals surface area contributed by atoms with Crippen molar-refractivity contribution in [3.63, 3.8) is 0 Å². The van der Waals surface area contributed by atoms with Crippen molar-refractivity contribution in [2.24, 2.45) is 0 Å². The molecule has 6 nitrogen and oxygen atoms in total. The van der Waals surface area contributed by atoms with Crippen LogP contribution in [0.4, 0.5) is 23.0 Å². The van der Waals surface area contributed by atoms with Gasteiger partial charge in [-0.1, -0.05) is 29.3 Å². The summed E-state index contributed by atoms with van der Waals surface area (Å²) in [6.07, 6.45) is 1.47. The van der Waals surface area contributed by atoms with E-state index in [4.69, 9.17) is 23.2 Å². The lowest BCUT2D eigenvalue weighted by Crippen LogP contribution is -1.97. The van der Waals surface area contributed by atoms with Crippen LogP contribution >= 0.6 is 23.2 Å². The van der Waals surface area contributed by atoms with E-state index in [9.17, 15) is 0 Å². The third-order valence-electron chi connectivity index (χ3n) is 3.55. The van der Waals surface area contributed by atoms with Crippen molar-refractivity contribution in [1.29, 1.82) is 0 Å². The topological polar surface area (TPSA) is 78.5 Å². The molecule has 3 N–H and O–H groups in total. The Morgan fingerprint density at radius 3 is 2.40 bits per heavy atom. The van der Waals surface area contributed by atoms with E-state index in [1.165, 1.54) is 6.33 Å². The first kappa shape index (κ1) is 15.7. The van der Waals surface area contributed by atoms with Crippen molar-refractivity contribution < 1.29 is 0 Å². The van der Waals surface area contributed by atoms with Gasteiger partial charge in [-0.2, -0.15) is 5.10 Å². The standard InChI is InChI=1S/C17H12Cl2N6/c18-10-4-6-12(7-5-10)22-17-14-15(20-9-21-16(14)24-25-17)23-13-3-1-2-11(19)8-13/h1-9H,(H3,20,21,22,23,24,25). The van der Waals surface area contributed by atoms with E-state index in [2.05, 4.69) is 30.8 Å². The fourth-order valence-corrected chi connectivity index (χ4v) is 2.73. The monoisotopic (exact) mass is 370 g/mol. The van der Waals surface area contributed by atoms with E-state index >= 15 is 0 Å². The Kier molecular flexibility index (Phi) is 4.13. The Morgan fingerprint density at radius 2 is 1.60 bits per heavy atom. The summed E-state index contributed by atoms with van der Waals surface area (Å²) in [7, 11) is 0. The Bertz CT molecular complexity index is 1030. The molecule has 0 aliphatic carbocycles. The van der Waals surface area contributed by atoms with Crippen LogP contribution in [0.15, 0.2) is 54.9 Å². The molecule has 0 bridgehead atoms. The lowest BCUT2D eigenvalue weighted by atomic mass is 10.3. The predicted molar refractivity (Wildman–Crippen MR) is 101 cm³/mol. The molecule has 4 rings (SSSR count). The molecule has 2 heterocycles. The minimum absolute atomic E-state index is 0.613. The number of benzene rings is 2. The summed E-state index contributed by atoms with van der Waals surface area (Å²) in [5.41, 5.74) is 2.30. The summed E-state index contributed by atoms with van der Waals surface area (Å²) in [5, 5.41) is 15.8. The predicted octanol–water partition coefficient (Wildman–Crippen LogP) is 5.15. The number of halogens is 2. The quantitative estimate of drug-likeness (QED) is 0.463. The molecule has 0 atom stereocenters. The summed E-state index contributed by atoms with van der Waals surface area (Å²) in [5.74, 6) is 1.24. The highest BCUT2D eigenvalue weighted by molar-refractivity contribution is 6.31. The van der Waals surface area contributed by atoms with E-state index < -0.39 is 0 Å². The number of aromatic amines is 1. The molecule has 4 aromatic rings. The zero-order chi connectivity index (χ0) is 17.2. The molecule has 0 spiro atoms. The summed E-state index contributed by atoms with van der Waals surface area (Å²) >= 11 is 12.0.